The van der Waals surface area contributed by atoms with Crippen LogP contribution in [0.4, 0.5) is 0 Å². The van der Waals surface area contributed by atoms with E-state index in [1.165, 1.54) is 0 Å². The van der Waals surface area contributed by atoms with Crippen LogP contribution in [-0.4, -0.2) is 31.7 Å². The highest BCUT2D eigenvalue weighted by atomic mass is 16.4. The molecule has 2 heterocycles. The number of rotatable bonds is 5. The molecule has 0 radical (unpaired) electrons. The van der Waals surface area contributed by atoms with Crippen LogP contribution in [-0.2, 0) is 0 Å². The fourth-order valence-corrected chi connectivity index (χ4v) is 5.41. The number of hydrogen-bond donors (Lipinski definition) is 2. The quantitative estimate of drug-likeness (QED) is 0.265. The van der Waals surface area contributed by atoms with E-state index in [4.69, 9.17) is 9.97 Å². The molecule has 0 unspecified atom stereocenters. The highest BCUT2D eigenvalue weighted by molar-refractivity contribution is 6.63. The van der Waals surface area contributed by atoms with E-state index in [1.807, 2.05) is 91.0 Å². The molecule has 0 amide bonds. The van der Waals surface area contributed by atoms with Gasteiger partial charge in [-0.05, 0) is 35.8 Å². The summed E-state index contributed by atoms with van der Waals surface area (Å²) < 4.78 is 2.16. The van der Waals surface area contributed by atoms with E-state index < -0.39 is 7.12 Å². The second kappa shape index (κ2) is 9.93. The number of hydrogen-bond acceptors (Lipinski definition) is 4. The first-order valence-electron chi connectivity index (χ1n) is 13.2. The lowest BCUT2D eigenvalue weighted by atomic mass is 9.77. The Morgan fingerprint density at radius 2 is 1.12 bits per heavy atom. The van der Waals surface area contributed by atoms with Gasteiger partial charge in [-0.3, -0.25) is 0 Å². The van der Waals surface area contributed by atoms with Crippen LogP contribution in [0.2, 0.25) is 0 Å². The number of fused-ring (bicyclic) bond motifs is 3. The van der Waals surface area contributed by atoms with Crippen LogP contribution in [0.1, 0.15) is 0 Å². The molecule has 0 bridgehead atoms. The summed E-state index contributed by atoms with van der Waals surface area (Å²) in [6.45, 7) is 0. The lowest BCUT2D eigenvalue weighted by Gasteiger charge is -2.12. The summed E-state index contributed by atoms with van der Waals surface area (Å²) in [5.41, 5.74) is 7.94. The van der Waals surface area contributed by atoms with Crippen molar-refractivity contribution in [3.05, 3.63) is 133 Å². The van der Waals surface area contributed by atoms with Gasteiger partial charge in [-0.15, -0.1) is 0 Å². The SMILES string of the molecule is OB(O)c1cccc2c1c1ccccc1n2-c1cccc(-c2cc(-c3ccccc3)nc(-c3ccccc3)n2)c1. The Balaban J connectivity index is 1.45. The molecule has 190 valence electrons. The normalized spacial score (nSPS) is 11.2. The van der Waals surface area contributed by atoms with Gasteiger partial charge < -0.3 is 14.6 Å². The molecule has 0 aliphatic carbocycles. The van der Waals surface area contributed by atoms with Crippen molar-refractivity contribution in [1.82, 2.24) is 14.5 Å². The van der Waals surface area contributed by atoms with E-state index in [0.717, 1.165) is 55.6 Å². The summed E-state index contributed by atoms with van der Waals surface area (Å²) in [6, 6.07) is 44.2. The lowest BCUT2D eigenvalue weighted by Crippen LogP contribution is -2.30. The average molecular weight is 517 g/mol. The van der Waals surface area contributed by atoms with Crippen molar-refractivity contribution in [2.75, 3.05) is 0 Å². The molecule has 0 saturated heterocycles. The van der Waals surface area contributed by atoms with Gasteiger partial charge in [0, 0.05) is 33.2 Å². The van der Waals surface area contributed by atoms with Gasteiger partial charge in [0.25, 0.3) is 0 Å². The number of benzene rings is 5. The van der Waals surface area contributed by atoms with E-state index in [0.29, 0.717) is 11.3 Å². The van der Waals surface area contributed by atoms with Crippen molar-refractivity contribution < 1.29 is 10.0 Å². The molecule has 7 rings (SSSR count). The molecular weight excluding hydrogens is 493 g/mol. The number of aromatic nitrogens is 3. The Labute approximate surface area is 231 Å². The molecule has 7 aromatic rings. The highest BCUT2D eigenvalue weighted by Crippen LogP contribution is 2.33. The first-order valence-corrected chi connectivity index (χ1v) is 13.2. The first-order chi connectivity index (χ1) is 19.7. The molecule has 0 saturated carbocycles. The zero-order valence-electron chi connectivity index (χ0n) is 21.5. The van der Waals surface area contributed by atoms with E-state index in [-0.39, 0.29) is 0 Å². The van der Waals surface area contributed by atoms with Crippen LogP contribution in [0, 0.1) is 0 Å². The number of para-hydroxylation sites is 1. The predicted molar refractivity (Wildman–Crippen MR) is 163 cm³/mol. The maximum Gasteiger partial charge on any atom is 0.489 e. The lowest BCUT2D eigenvalue weighted by molar-refractivity contribution is 0.426. The van der Waals surface area contributed by atoms with Gasteiger partial charge in [0.2, 0.25) is 0 Å². The van der Waals surface area contributed by atoms with Gasteiger partial charge in [-0.1, -0.05) is 103 Å². The average Bonchev–Trinajstić information content (AvgIpc) is 3.36. The summed E-state index contributed by atoms with van der Waals surface area (Å²) >= 11 is 0. The highest BCUT2D eigenvalue weighted by Gasteiger charge is 2.21. The molecule has 0 aliphatic rings. The minimum Gasteiger partial charge on any atom is -0.423 e. The number of nitrogens with zero attached hydrogens (tertiary/aromatic N) is 3. The zero-order chi connectivity index (χ0) is 27.1. The molecule has 0 fully saturated rings. The fourth-order valence-electron chi connectivity index (χ4n) is 5.41. The maximum absolute atomic E-state index is 10.1. The van der Waals surface area contributed by atoms with E-state index >= 15 is 0 Å². The molecule has 40 heavy (non-hydrogen) atoms. The second-order valence-corrected chi connectivity index (χ2v) is 9.71. The van der Waals surface area contributed by atoms with E-state index in [9.17, 15) is 10.0 Å². The van der Waals surface area contributed by atoms with Gasteiger partial charge in [0.15, 0.2) is 5.82 Å². The molecule has 0 spiro atoms. The minimum absolute atomic E-state index is 0.486. The van der Waals surface area contributed by atoms with Gasteiger partial charge in [-0.25, -0.2) is 9.97 Å². The summed E-state index contributed by atoms with van der Waals surface area (Å²) in [7, 11) is -1.57. The van der Waals surface area contributed by atoms with Crippen molar-refractivity contribution in [3.63, 3.8) is 0 Å². The predicted octanol–water partition coefficient (Wildman–Crippen LogP) is 6.25. The maximum atomic E-state index is 10.1. The topological polar surface area (TPSA) is 71.2 Å². The Morgan fingerprint density at radius 3 is 1.88 bits per heavy atom. The van der Waals surface area contributed by atoms with Crippen LogP contribution in [0.3, 0.4) is 0 Å². The monoisotopic (exact) mass is 517 g/mol. The van der Waals surface area contributed by atoms with Crippen molar-refractivity contribution in [2.24, 2.45) is 0 Å². The van der Waals surface area contributed by atoms with Crippen LogP contribution < -0.4 is 5.46 Å². The van der Waals surface area contributed by atoms with Crippen LogP contribution in [0.5, 0.6) is 0 Å². The third-order valence-electron chi connectivity index (χ3n) is 7.24. The molecule has 2 aromatic heterocycles. The van der Waals surface area contributed by atoms with Crippen LogP contribution in [0.25, 0.3) is 61.4 Å². The molecular formula is C34H24BN3O2. The van der Waals surface area contributed by atoms with Gasteiger partial charge in [-0.2, -0.15) is 0 Å². The summed E-state index contributed by atoms with van der Waals surface area (Å²) in [5.74, 6) is 0.667. The zero-order valence-corrected chi connectivity index (χ0v) is 21.5. The Morgan fingerprint density at radius 1 is 0.525 bits per heavy atom. The van der Waals surface area contributed by atoms with Gasteiger partial charge >= 0.3 is 7.12 Å². The molecule has 2 N–H and O–H groups in total. The molecule has 6 heteroatoms. The van der Waals surface area contributed by atoms with Crippen LogP contribution >= 0.6 is 0 Å². The summed E-state index contributed by atoms with van der Waals surface area (Å²) in [5, 5.41) is 22.0. The van der Waals surface area contributed by atoms with Crippen molar-refractivity contribution in [3.8, 4) is 39.6 Å². The molecule has 5 aromatic carbocycles. The van der Waals surface area contributed by atoms with Crippen molar-refractivity contribution >= 4 is 34.4 Å². The minimum atomic E-state index is -1.57. The Kier molecular flexibility index (Phi) is 5.97. The standard InChI is InChI=1S/C34H24BN3O2/c39-35(40)28-18-10-20-32-33(28)27-17-7-8-19-31(27)38(32)26-16-9-15-25(21-26)30-22-29(23-11-3-1-4-12-23)36-34(37-30)24-13-5-2-6-14-24/h1-22,39-40H. The largest absolute Gasteiger partial charge is 0.489 e. The van der Waals surface area contributed by atoms with Crippen LogP contribution in [0.15, 0.2) is 133 Å². The first kappa shape index (κ1) is 24.0. The molecule has 5 nitrogen and oxygen atoms in total. The fraction of sp³-hybridized carbons (Fsp3) is 0. The van der Waals surface area contributed by atoms with E-state index in [1.54, 1.807) is 6.07 Å². The van der Waals surface area contributed by atoms with Gasteiger partial charge in [0.05, 0.1) is 22.4 Å². The van der Waals surface area contributed by atoms with Crippen molar-refractivity contribution in [1.29, 1.82) is 0 Å². The van der Waals surface area contributed by atoms with Crippen molar-refractivity contribution in [2.45, 2.75) is 0 Å². The Bertz CT molecular complexity index is 1930. The molecule has 0 atom stereocenters. The Hall–Kier alpha value is -5.04. The smallest absolute Gasteiger partial charge is 0.423 e. The van der Waals surface area contributed by atoms with Gasteiger partial charge in [0.1, 0.15) is 0 Å². The second-order valence-electron chi connectivity index (χ2n) is 9.71. The summed E-state index contributed by atoms with van der Waals surface area (Å²) in [4.78, 5) is 9.91. The third-order valence-corrected chi connectivity index (χ3v) is 7.24. The third kappa shape index (κ3) is 4.16. The molecule has 0 aliphatic heterocycles. The van der Waals surface area contributed by atoms with E-state index in [2.05, 4.69) is 41.0 Å². The summed E-state index contributed by atoms with van der Waals surface area (Å²) in [6.07, 6.45) is 0.